The molecule has 1 rings (SSSR count). The molecular formula is C15H22O6S. The minimum Gasteiger partial charge on any atom is -0.469 e. The van der Waals surface area contributed by atoms with Crippen molar-refractivity contribution >= 4 is 21.6 Å². The van der Waals surface area contributed by atoms with E-state index in [0.29, 0.717) is 19.3 Å². The van der Waals surface area contributed by atoms with Gasteiger partial charge in [-0.15, -0.1) is 0 Å². The van der Waals surface area contributed by atoms with Gasteiger partial charge in [0, 0.05) is 18.2 Å². The van der Waals surface area contributed by atoms with Crippen molar-refractivity contribution in [2.75, 3.05) is 13.4 Å². The van der Waals surface area contributed by atoms with Crippen molar-refractivity contribution in [3.05, 3.63) is 22.6 Å². The highest BCUT2D eigenvalue weighted by molar-refractivity contribution is 7.95. The second-order valence-corrected chi connectivity index (χ2v) is 7.53. The van der Waals surface area contributed by atoms with Gasteiger partial charge in [-0.25, -0.2) is 8.42 Å². The first-order chi connectivity index (χ1) is 10.1. The molecule has 0 aromatic rings. The van der Waals surface area contributed by atoms with Gasteiger partial charge in [0.2, 0.25) is 5.78 Å². The molecule has 22 heavy (non-hydrogen) atoms. The average molecular weight is 330 g/mol. The molecule has 1 N–H and O–H groups in total. The lowest BCUT2D eigenvalue weighted by Gasteiger charge is -2.15. The van der Waals surface area contributed by atoms with Crippen LogP contribution in [0.2, 0.25) is 0 Å². The molecule has 124 valence electrons. The zero-order chi connectivity index (χ0) is 17.0. The molecule has 0 bridgehead atoms. The van der Waals surface area contributed by atoms with Gasteiger partial charge in [0.1, 0.15) is 10.5 Å². The van der Waals surface area contributed by atoms with Gasteiger partial charge in [-0.1, -0.05) is 12.5 Å². The van der Waals surface area contributed by atoms with E-state index in [0.717, 1.165) is 25.2 Å². The van der Waals surface area contributed by atoms with E-state index in [9.17, 15) is 23.1 Å². The number of ether oxygens (including phenoxy) is 1. The van der Waals surface area contributed by atoms with Gasteiger partial charge in [0.05, 0.1) is 7.11 Å². The predicted octanol–water partition coefficient (Wildman–Crippen LogP) is 1.30. The summed E-state index contributed by atoms with van der Waals surface area (Å²) in [5, 5.41) is 10.2. The van der Waals surface area contributed by atoms with Crippen molar-refractivity contribution in [3.63, 3.8) is 0 Å². The van der Waals surface area contributed by atoms with Gasteiger partial charge in [0.15, 0.2) is 9.84 Å². The highest BCUT2D eigenvalue weighted by Crippen LogP contribution is 2.33. The van der Waals surface area contributed by atoms with Crippen molar-refractivity contribution < 1.29 is 27.9 Å². The summed E-state index contributed by atoms with van der Waals surface area (Å²) < 4.78 is 27.6. The van der Waals surface area contributed by atoms with Gasteiger partial charge in [-0.2, -0.15) is 0 Å². The van der Waals surface area contributed by atoms with Crippen LogP contribution in [-0.2, 0) is 24.2 Å². The van der Waals surface area contributed by atoms with Crippen molar-refractivity contribution in [2.24, 2.45) is 0 Å². The second kappa shape index (κ2) is 7.19. The lowest BCUT2D eigenvalue weighted by Crippen LogP contribution is -2.23. The van der Waals surface area contributed by atoms with Crippen LogP contribution in [0.1, 0.15) is 39.0 Å². The average Bonchev–Trinajstić information content (AvgIpc) is 2.64. The third-order valence-corrected chi connectivity index (χ3v) is 4.59. The molecule has 1 aliphatic rings. The van der Waals surface area contributed by atoms with Crippen LogP contribution in [-0.4, -0.2) is 44.2 Å². The largest absolute Gasteiger partial charge is 0.469 e. The van der Waals surface area contributed by atoms with Crippen LogP contribution < -0.4 is 0 Å². The Hall–Kier alpha value is -1.47. The molecular weight excluding hydrogens is 308 g/mol. The lowest BCUT2D eigenvalue weighted by molar-refractivity contribution is -0.140. The number of rotatable bonds is 7. The monoisotopic (exact) mass is 330 g/mol. The summed E-state index contributed by atoms with van der Waals surface area (Å²) in [5.74, 6) is -0.892. The number of Topliss-reactive ketones (excluding diaryl/α,β-unsaturated/α-hetero) is 1. The molecule has 0 radical (unpaired) electrons. The minimum absolute atomic E-state index is 0.0980. The molecule has 7 heteroatoms. The first-order valence-corrected chi connectivity index (χ1v) is 8.96. The Kier molecular flexibility index (Phi) is 6.08. The number of sulfone groups is 1. The number of allylic oxidation sites excluding steroid dienone is 2. The lowest BCUT2D eigenvalue weighted by atomic mass is 9.97. The Morgan fingerprint density at radius 1 is 1.36 bits per heavy atom. The summed E-state index contributed by atoms with van der Waals surface area (Å²) in [4.78, 5) is 22.7. The fourth-order valence-corrected chi connectivity index (χ4v) is 3.17. The Labute approximate surface area is 130 Å². The summed E-state index contributed by atoms with van der Waals surface area (Å²) in [5.41, 5.74) is -1.46. The van der Waals surface area contributed by atoms with Crippen LogP contribution in [0.15, 0.2) is 22.6 Å². The number of methoxy groups -OCH3 is 1. The Morgan fingerprint density at radius 3 is 2.50 bits per heavy atom. The van der Waals surface area contributed by atoms with Gasteiger partial charge in [0.25, 0.3) is 0 Å². The summed E-state index contributed by atoms with van der Waals surface area (Å²) in [6, 6.07) is 0. The van der Waals surface area contributed by atoms with Crippen molar-refractivity contribution in [1.82, 2.24) is 0 Å². The van der Waals surface area contributed by atoms with Crippen molar-refractivity contribution in [3.8, 4) is 0 Å². The van der Waals surface area contributed by atoms with E-state index in [4.69, 9.17) is 0 Å². The van der Waals surface area contributed by atoms with E-state index in [1.54, 1.807) is 6.08 Å². The van der Waals surface area contributed by atoms with E-state index in [1.807, 2.05) is 0 Å². The predicted molar refractivity (Wildman–Crippen MR) is 81.7 cm³/mol. The third kappa shape index (κ3) is 4.78. The second-order valence-electron chi connectivity index (χ2n) is 5.55. The molecule has 1 atom stereocenters. The Balaban J connectivity index is 2.59. The number of unbranched alkanes of at least 4 members (excludes halogenated alkanes) is 3. The zero-order valence-corrected chi connectivity index (χ0v) is 13.9. The number of carbonyl (C=O) groups is 2. The first kappa shape index (κ1) is 18.6. The van der Waals surface area contributed by atoms with E-state index in [-0.39, 0.29) is 16.4 Å². The number of ketones is 1. The summed E-state index contributed by atoms with van der Waals surface area (Å²) in [6.07, 6.45) is 6.70. The summed E-state index contributed by atoms with van der Waals surface area (Å²) in [7, 11) is -2.31. The van der Waals surface area contributed by atoms with Crippen LogP contribution in [0.25, 0.3) is 0 Å². The molecule has 0 aromatic heterocycles. The molecule has 6 nitrogen and oxygen atoms in total. The number of hydrogen-bond acceptors (Lipinski definition) is 6. The normalized spacial score (nSPS) is 23.7. The van der Waals surface area contributed by atoms with E-state index < -0.39 is 21.2 Å². The van der Waals surface area contributed by atoms with Crippen molar-refractivity contribution in [2.45, 2.75) is 44.6 Å². The molecule has 0 aliphatic heterocycles. The fraction of sp³-hybridized carbons (Fsp3) is 0.600. The summed E-state index contributed by atoms with van der Waals surface area (Å²) in [6.45, 7) is 1.40. The third-order valence-electron chi connectivity index (χ3n) is 3.49. The van der Waals surface area contributed by atoms with E-state index in [2.05, 4.69) is 4.74 Å². The number of carbonyl (C=O) groups excluding carboxylic acids is 2. The quantitative estimate of drug-likeness (QED) is 0.429. The number of esters is 1. The Bertz CT molecular complexity index is 610. The maximum atomic E-state index is 12.1. The molecule has 0 saturated heterocycles. The first-order valence-electron chi connectivity index (χ1n) is 7.07. The molecule has 0 fully saturated rings. The van der Waals surface area contributed by atoms with Crippen LogP contribution in [0.3, 0.4) is 0 Å². The van der Waals surface area contributed by atoms with Crippen LogP contribution >= 0.6 is 0 Å². The minimum atomic E-state index is -3.65. The summed E-state index contributed by atoms with van der Waals surface area (Å²) >= 11 is 0. The van der Waals surface area contributed by atoms with Crippen LogP contribution in [0.5, 0.6) is 0 Å². The number of aliphatic hydroxyl groups is 1. The molecule has 0 spiro atoms. The smallest absolute Gasteiger partial charge is 0.305 e. The molecule has 0 saturated carbocycles. The SMILES string of the molecule is COC(=O)CCCCC/C=C1\C(=O)C(S(C)(=O)=O)=CC1(C)O. The van der Waals surface area contributed by atoms with Gasteiger partial charge in [-0.05, 0) is 32.3 Å². The van der Waals surface area contributed by atoms with Crippen LogP contribution in [0, 0.1) is 0 Å². The molecule has 1 unspecified atom stereocenters. The number of hydrogen-bond donors (Lipinski definition) is 1. The van der Waals surface area contributed by atoms with Gasteiger partial charge >= 0.3 is 5.97 Å². The fourth-order valence-electron chi connectivity index (χ4n) is 2.27. The van der Waals surface area contributed by atoms with E-state index in [1.165, 1.54) is 14.0 Å². The van der Waals surface area contributed by atoms with Gasteiger partial charge < -0.3 is 9.84 Å². The molecule has 1 aliphatic carbocycles. The van der Waals surface area contributed by atoms with Gasteiger partial charge in [-0.3, -0.25) is 9.59 Å². The maximum Gasteiger partial charge on any atom is 0.305 e. The molecule has 0 heterocycles. The highest BCUT2D eigenvalue weighted by Gasteiger charge is 2.41. The molecule has 0 amide bonds. The molecule has 0 aromatic carbocycles. The standard InChI is InChI=1S/C15H22O6S/c1-15(18)10-12(22(3,19)20)14(17)11(15)8-6-4-5-7-9-13(16)21-2/h8,10,18H,4-7,9H2,1-3H3/b11-8+. The highest BCUT2D eigenvalue weighted by atomic mass is 32.2. The van der Waals surface area contributed by atoms with Crippen LogP contribution in [0.4, 0.5) is 0 Å². The van der Waals surface area contributed by atoms with E-state index >= 15 is 0 Å². The maximum absolute atomic E-state index is 12.1. The zero-order valence-electron chi connectivity index (χ0n) is 13.1. The topological polar surface area (TPSA) is 97.7 Å². The van der Waals surface area contributed by atoms with Crippen molar-refractivity contribution in [1.29, 1.82) is 0 Å². The Morgan fingerprint density at radius 2 is 2.00 bits per heavy atom.